The van der Waals surface area contributed by atoms with Crippen molar-refractivity contribution in [2.24, 2.45) is 0 Å². The Bertz CT molecular complexity index is 953. The second-order valence-electron chi connectivity index (χ2n) is 16.0. The summed E-state index contributed by atoms with van der Waals surface area (Å²) in [5.74, 6) is -0.930. The highest BCUT2D eigenvalue weighted by Gasteiger charge is 2.19. The number of carbonyl (C=O) groups excluding carboxylic acids is 3. The van der Waals surface area contributed by atoms with Gasteiger partial charge in [0.05, 0.1) is 0 Å². The number of carbonyl (C=O) groups is 3. The molecule has 0 saturated carbocycles. The van der Waals surface area contributed by atoms with Gasteiger partial charge in [0.25, 0.3) is 0 Å². The Kier molecular flexibility index (Phi) is 43.4. The summed E-state index contributed by atoms with van der Waals surface area (Å²) in [6, 6.07) is 0. The molecule has 0 heterocycles. The molecule has 0 aliphatic heterocycles. The molecule has 0 aliphatic carbocycles. The molecule has 56 heavy (non-hydrogen) atoms. The second kappa shape index (κ2) is 45.3. The van der Waals surface area contributed by atoms with E-state index in [4.69, 9.17) is 14.2 Å². The Balaban J connectivity index is 4.41. The van der Waals surface area contributed by atoms with Gasteiger partial charge in [-0.05, 0) is 89.9 Å². The second-order valence-corrected chi connectivity index (χ2v) is 16.0. The molecule has 6 nitrogen and oxygen atoms in total. The molecule has 0 bridgehead atoms. The van der Waals surface area contributed by atoms with Crippen LogP contribution >= 0.6 is 0 Å². The highest BCUT2D eigenvalue weighted by Crippen LogP contribution is 2.13. The van der Waals surface area contributed by atoms with Crippen molar-refractivity contribution in [2.45, 2.75) is 252 Å². The SMILES string of the molecule is CCCC/C=C\CCCCCCC(=O)OCC(COC(=O)CCCCC/C=C\CCCCCCCCC)OC(=O)CCCCC/C=C\CCCCCCCCC. The first-order valence-corrected chi connectivity index (χ1v) is 24.0. The molecule has 1 atom stereocenters. The normalized spacial score (nSPS) is 12.3. The quantitative estimate of drug-likeness (QED) is 0.0265. The number of hydrogen-bond donors (Lipinski definition) is 0. The van der Waals surface area contributed by atoms with Crippen molar-refractivity contribution < 1.29 is 28.6 Å². The van der Waals surface area contributed by atoms with E-state index in [1.54, 1.807) is 0 Å². The van der Waals surface area contributed by atoms with Crippen LogP contribution in [0.1, 0.15) is 245 Å². The summed E-state index contributed by atoms with van der Waals surface area (Å²) in [7, 11) is 0. The molecule has 6 heteroatoms. The van der Waals surface area contributed by atoms with Crippen LogP contribution in [0.25, 0.3) is 0 Å². The van der Waals surface area contributed by atoms with E-state index in [2.05, 4.69) is 57.2 Å². The summed E-state index contributed by atoms with van der Waals surface area (Å²) in [4.78, 5) is 37.7. The molecule has 0 aromatic heterocycles. The largest absolute Gasteiger partial charge is 0.462 e. The molecule has 0 spiro atoms. The first-order chi connectivity index (χ1) is 27.5. The number of ether oxygens (including phenoxy) is 3. The zero-order valence-electron chi connectivity index (χ0n) is 37.2. The molecule has 0 N–H and O–H groups in total. The van der Waals surface area contributed by atoms with Crippen LogP contribution in [-0.4, -0.2) is 37.2 Å². The van der Waals surface area contributed by atoms with E-state index in [-0.39, 0.29) is 31.1 Å². The minimum atomic E-state index is -0.786. The van der Waals surface area contributed by atoms with Crippen LogP contribution < -0.4 is 0 Å². The van der Waals surface area contributed by atoms with Crippen LogP contribution in [0.15, 0.2) is 36.5 Å². The van der Waals surface area contributed by atoms with Crippen molar-refractivity contribution in [2.75, 3.05) is 13.2 Å². The Morgan fingerprint density at radius 2 is 0.607 bits per heavy atom. The van der Waals surface area contributed by atoms with Crippen LogP contribution in [0.3, 0.4) is 0 Å². The Morgan fingerprint density at radius 1 is 0.339 bits per heavy atom. The molecule has 1 unspecified atom stereocenters. The average Bonchev–Trinajstić information content (AvgIpc) is 3.19. The fourth-order valence-corrected chi connectivity index (χ4v) is 6.65. The smallest absolute Gasteiger partial charge is 0.306 e. The van der Waals surface area contributed by atoms with Crippen LogP contribution in [0.4, 0.5) is 0 Å². The van der Waals surface area contributed by atoms with Crippen molar-refractivity contribution in [1.29, 1.82) is 0 Å². The van der Waals surface area contributed by atoms with Crippen molar-refractivity contribution >= 4 is 17.9 Å². The van der Waals surface area contributed by atoms with Gasteiger partial charge in [-0.1, -0.05) is 173 Å². The van der Waals surface area contributed by atoms with Gasteiger partial charge in [0.1, 0.15) is 13.2 Å². The maximum absolute atomic E-state index is 12.7. The van der Waals surface area contributed by atoms with Crippen molar-refractivity contribution in [3.8, 4) is 0 Å². The molecule has 0 aromatic rings. The predicted octanol–water partition coefficient (Wildman–Crippen LogP) is 15.4. The number of allylic oxidation sites excluding steroid dienone is 6. The summed E-state index contributed by atoms with van der Waals surface area (Å²) in [5.41, 5.74) is 0. The molecule has 0 amide bonds. The van der Waals surface area contributed by atoms with Gasteiger partial charge in [-0.25, -0.2) is 0 Å². The van der Waals surface area contributed by atoms with E-state index in [0.29, 0.717) is 19.3 Å². The third-order valence-electron chi connectivity index (χ3n) is 10.3. The van der Waals surface area contributed by atoms with Crippen molar-refractivity contribution in [3.63, 3.8) is 0 Å². The minimum absolute atomic E-state index is 0.0882. The molecule has 0 aliphatic rings. The fourth-order valence-electron chi connectivity index (χ4n) is 6.65. The van der Waals surface area contributed by atoms with Gasteiger partial charge in [-0.15, -0.1) is 0 Å². The molecule has 0 radical (unpaired) electrons. The molecule has 0 saturated heterocycles. The molecular formula is C50H90O6. The zero-order valence-corrected chi connectivity index (χ0v) is 37.2. The number of unbranched alkanes of at least 4 members (excludes halogenated alkanes) is 26. The van der Waals surface area contributed by atoms with E-state index in [1.165, 1.54) is 103 Å². The van der Waals surface area contributed by atoms with E-state index < -0.39 is 6.10 Å². The molecule has 0 rings (SSSR count). The number of rotatable bonds is 43. The maximum Gasteiger partial charge on any atom is 0.306 e. The molecule has 0 fully saturated rings. The van der Waals surface area contributed by atoms with E-state index in [9.17, 15) is 14.4 Å². The lowest BCUT2D eigenvalue weighted by molar-refractivity contribution is -0.167. The van der Waals surface area contributed by atoms with Gasteiger partial charge < -0.3 is 14.2 Å². The number of esters is 3. The average molecular weight is 787 g/mol. The monoisotopic (exact) mass is 787 g/mol. The predicted molar refractivity (Wildman–Crippen MR) is 238 cm³/mol. The lowest BCUT2D eigenvalue weighted by Crippen LogP contribution is -2.30. The van der Waals surface area contributed by atoms with E-state index in [1.807, 2.05) is 0 Å². The van der Waals surface area contributed by atoms with Crippen LogP contribution in [0.2, 0.25) is 0 Å². The van der Waals surface area contributed by atoms with Gasteiger partial charge >= 0.3 is 17.9 Å². The maximum atomic E-state index is 12.7. The zero-order chi connectivity index (χ0) is 40.8. The summed E-state index contributed by atoms with van der Waals surface area (Å²) in [6.45, 7) is 6.55. The van der Waals surface area contributed by atoms with Crippen molar-refractivity contribution in [1.82, 2.24) is 0 Å². The highest BCUT2D eigenvalue weighted by molar-refractivity contribution is 5.71. The lowest BCUT2D eigenvalue weighted by Gasteiger charge is -2.18. The lowest BCUT2D eigenvalue weighted by atomic mass is 10.1. The first-order valence-electron chi connectivity index (χ1n) is 24.0. The van der Waals surface area contributed by atoms with Gasteiger partial charge in [0, 0.05) is 19.3 Å². The van der Waals surface area contributed by atoms with Gasteiger partial charge in [0.15, 0.2) is 6.10 Å². The number of hydrogen-bond acceptors (Lipinski definition) is 6. The van der Waals surface area contributed by atoms with Crippen LogP contribution in [0.5, 0.6) is 0 Å². The van der Waals surface area contributed by atoms with Gasteiger partial charge in [-0.2, -0.15) is 0 Å². The summed E-state index contributed by atoms with van der Waals surface area (Å²) >= 11 is 0. The third kappa shape index (κ3) is 42.8. The standard InChI is InChI=1S/C50H90O6/c1-4-7-10-13-16-19-22-24-26-28-31-34-37-40-43-49(52)55-46-47(45-54-48(51)42-39-36-33-30-21-18-15-12-9-6-3)56-50(53)44-41-38-35-32-29-27-25-23-20-17-14-11-8-5-2/h15,18,26-29,47H,4-14,16-17,19-25,30-46H2,1-3H3/b18-15-,28-26-,29-27-. The first kappa shape index (κ1) is 53.6. The summed E-state index contributed by atoms with van der Waals surface area (Å²) in [5, 5.41) is 0. The molecule has 326 valence electrons. The van der Waals surface area contributed by atoms with Crippen LogP contribution in [-0.2, 0) is 28.6 Å². The highest BCUT2D eigenvalue weighted by atomic mass is 16.6. The minimum Gasteiger partial charge on any atom is -0.462 e. The Labute approximate surface area is 346 Å². The Morgan fingerprint density at radius 3 is 0.964 bits per heavy atom. The van der Waals surface area contributed by atoms with Crippen molar-refractivity contribution in [3.05, 3.63) is 36.5 Å². The topological polar surface area (TPSA) is 78.9 Å². The Hall–Kier alpha value is -2.37. The summed E-state index contributed by atoms with van der Waals surface area (Å²) < 4.78 is 16.7. The fraction of sp³-hybridized carbons (Fsp3) is 0.820. The van der Waals surface area contributed by atoms with Crippen LogP contribution in [0, 0.1) is 0 Å². The van der Waals surface area contributed by atoms with E-state index >= 15 is 0 Å². The van der Waals surface area contributed by atoms with E-state index in [0.717, 1.165) is 103 Å². The molecular weight excluding hydrogens is 697 g/mol. The van der Waals surface area contributed by atoms with Gasteiger partial charge in [-0.3, -0.25) is 14.4 Å². The third-order valence-corrected chi connectivity index (χ3v) is 10.3. The van der Waals surface area contributed by atoms with Gasteiger partial charge in [0.2, 0.25) is 0 Å². The summed E-state index contributed by atoms with van der Waals surface area (Å²) in [6.07, 6.45) is 51.3. The molecule has 0 aromatic carbocycles.